The van der Waals surface area contributed by atoms with Gasteiger partial charge < -0.3 is 14.5 Å². The molecule has 0 atom stereocenters. The molecule has 4 aromatic rings. The summed E-state index contributed by atoms with van der Waals surface area (Å²) in [7, 11) is -6.97. The van der Waals surface area contributed by atoms with E-state index in [1.165, 1.54) is 0 Å². The molecule has 202 valence electrons. The van der Waals surface area contributed by atoms with Crippen LogP contribution < -0.4 is 9.46 Å². The Kier molecular flexibility index (Phi) is 8.75. The Morgan fingerprint density at radius 2 is 1.61 bits per heavy atom. The number of nitrogens with one attached hydrogen (secondary N) is 1. The molecule has 0 unspecified atom stereocenters. The summed E-state index contributed by atoms with van der Waals surface area (Å²) in [5.41, 5.74) is 3.05. The smallest absolute Gasteiger partial charge is 0.434 e. The maximum atomic E-state index is 13.0. The van der Waals surface area contributed by atoms with Gasteiger partial charge in [0.1, 0.15) is 5.75 Å². The van der Waals surface area contributed by atoms with Crippen molar-refractivity contribution in [2.24, 2.45) is 0 Å². The van der Waals surface area contributed by atoms with Gasteiger partial charge in [-0.05, 0) is 78.4 Å². The van der Waals surface area contributed by atoms with E-state index < -0.39 is 17.8 Å². The molecule has 0 aliphatic heterocycles. The summed E-state index contributed by atoms with van der Waals surface area (Å²) < 4.78 is 47.5. The number of fused-ring (bicyclic) bond motifs is 1. The Hall–Kier alpha value is -2.94. The Balaban J connectivity index is 1.64. The fourth-order valence-corrected chi connectivity index (χ4v) is 6.65. The summed E-state index contributed by atoms with van der Waals surface area (Å²) in [5, 5.41) is 0.650. The summed E-state index contributed by atoms with van der Waals surface area (Å²) >= 11 is 0. The maximum Gasteiger partial charge on any atom is 0.434 e. The van der Waals surface area contributed by atoms with E-state index in [-0.39, 0.29) is 17.9 Å². The van der Waals surface area contributed by atoms with Crippen molar-refractivity contribution in [2.45, 2.75) is 43.9 Å². The van der Waals surface area contributed by atoms with Gasteiger partial charge in [-0.2, -0.15) is 0 Å². The molecular formula is C28H33N2O6PS. The molecular weight excluding hydrogens is 523 g/mol. The molecule has 0 saturated carbocycles. The second-order valence-electron chi connectivity index (χ2n) is 9.15. The minimum Gasteiger partial charge on any atom is -0.497 e. The molecule has 0 saturated heterocycles. The Morgan fingerprint density at radius 3 is 2.24 bits per heavy atom. The van der Waals surface area contributed by atoms with Crippen LogP contribution in [-0.4, -0.2) is 36.2 Å². The van der Waals surface area contributed by atoms with Crippen LogP contribution in [0.2, 0.25) is 0 Å². The molecule has 0 amide bonds. The normalized spacial score (nSPS) is 12.2. The molecule has 0 spiro atoms. The van der Waals surface area contributed by atoms with Crippen LogP contribution in [0.1, 0.15) is 37.3 Å². The molecule has 10 heteroatoms. The van der Waals surface area contributed by atoms with Crippen molar-refractivity contribution < 1.29 is 27.5 Å². The first-order valence-electron chi connectivity index (χ1n) is 12.6. The van der Waals surface area contributed by atoms with Crippen molar-refractivity contribution in [1.82, 2.24) is 9.06 Å². The number of aromatic nitrogens is 1. The van der Waals surface area contributed by atoms with E-state index in [0.29, 0.717) is 33.5 Å². The number of benzene rings is 3. The molecule has 3 aromatic carbocycles. The molecule has 1 heterocycles. The SMILES string of the molecule is CCCCCc1ccc(S(=O)(=O)NCCc2c(-c3ccc(OC)cc3)n(P(=O)(O)O)c3ccccc23)cc1. The number of methoxy groups -OCH3 is 1. The molecule has 0 radical (unpaired) electrons. The van der Waals surface area contributed by atoms with E-state index in [1.54, 1.807) is 67.8 Å². The minimum absolute atomic E-state index is 0.0545. The summed E-state index contributed by atoms with van der Waals surface area (Å²) in [6.07, 6.45) is 4.48. The predicted octanol–water partition coefficient (Wildman–Crippen LogP) is 5.51. The zero-order valence-electron chi connectivity index (χ0n) is 21.5. The zero-order chi connectivity index (χ0) is 27.3. The fourth-order valence-electron chi connectivity index (χ4n) is 4.67. The highest BCUT2D eigenvalue weighted by Gasteiger charge is 2.28. The fraction of sp³-hybridized carbons (Fsp3) is 0.286. The van der Waals surface area contributed by atoms with Crippen LogP contribution in [-0.2, 0) is 27.4 Å². The second-order valence-corrected chi connectivity index (χ2v) is 12.3. The van der Waals surface area contributed by atoms with Crippen LogP contribution in [0, 0.1) is 0 Å². The monoisotopic (exact) mass is 556 g/mol. The van der Waals surface area contributed by atoms with Crippen molar-refractivity contribution in [1.29, 1.82) is 0 Å². The first kappa shape index (κ1) is 28.1. The van der Waals surface area contributed by atoms with Crippen LogP contribution in [0.3, 0.4) is 0 Å². The highest BCUT2D eigenvalue weighted by atomic mass is 32.2. The van der Waals surface area contributed by atoms with Gasteiger partial charge in [0.05, 0.1) is 23.2 Å². The number of nitrogens with zero attached hydrogens (tertiary/aromatic N) is 1. The van der Waals surface area contributed by atoms with Gasteiger partial charge >= 0.3 is 7.75 Å². The maximum absolute atomic E-state index is 13.0. The van der Waals surface area contributed by atoms with Gasteiger partial charge in [-0.25, -0.2) is 22.0 Å². The summed E-state index contributed by atoms with van der Waals surface area (Å²) in [6, 6.07) is 20.8. The lowest BCUT2D eigenvalue weighted by atomic mass is 10.0. The number of hydrogen-bond acceptors (Lipinski definition) is 4. The van der Waals surface area contributed by atoms with Gasteiger partial charge in [0.15, 0.2) is 0 Å². The number of para-hydroxylation sites is 1. The third kappa shape index (κ3) is 6.20. The van der Waals surface area contributed by atoms with Gasteiger partial charge in [-0.1, -0.05) is 50.1 Å². The molecule has 4 rings (SSSR count). The Bertz CT molecular complexity index is 1540. The van der Waals surface area contributed by atoms with Crippen molar-refractivity contribution >= 4 is 28.7 Å². The third-order valence-corrected chi connectivity index (χ3v) is 8.96. The van der Waals surface area contributed by atoms with Crippen molar-refractivity contribution in [2.75, 3.05) is 13.7 Å². The van der Waals surface area contributed by atoms with Crippen molar-refractivity contribution in [3.8, 4) is 17.0 Å². The lowest BCUT2D eigenvalue weighted by molar-refractivity contribution is 0.363. The molecule has 0 fully saturated rings. The van der Waals surface area contributed by atoms with E-state index >= 15 is 0 Å². The number of sulfonamides is 1. The molecule has 0 bridgehead atoms. The van der Waals surface area contributed by atoms with E-state index in [1.807, 2.05) is 12.1 Å². The van der Waals surface area contributed by atoms with Crippen LogP contribution in [0.25, 0.3) is 22.2 Å². The average Bonchev–Trinajstić information content (AvgIpc) is 3.24. The van der Waals surface area contributed by atoms with Crippen LogP contribution >= 0.6 is 7.75 Å². The van der Waals surface area contributed by atoms with Crippen LogP contribution in [0.5, 0.6) is 5.75 Å². The molecule has 8 nitrogen and oxygen atoms in total. The number of aryl methyl sites for hydroxylation is 1. The number of hydrogen-bond donors (Lipinski definition) is 3. The lowest BCUT2D eigenvalue weighted by Gasteiger charge is -2.14. The van der Waals surface area contributed by atoms with Crippen LogP contribution in [0.15, 0.2) is 77.7 Å². The van der Waals surface area contributed by atoms with E-state index in [9.17, 15) is 22.8 Å². The standard InChI is InChI=1S/C28H33N2O6PS/c1-3-4-5-8-21-11-17-24(18-12-21)38(34,35)29-20-19-26-25-9-6-7-10-27(25)30(37(31,32)33)28(26)22-13-15-23(36-2)16-14-22/h6-7,9-18,29H,3-5,8,19-20H2,1-2H3,(H2,31,32,33). The summed E-state index contributed by atoms with van der Waals surface area (Å²) in [5.74, 6) is 0.610. The topological polar surface area (TPSA) is 118 Å². The lowest BCUT2D eigenvalue weighted by Crippen LogP contribution is -2.26. The Morgan fingerprint density at radius 1 is 0.921 bits per heavy atom. The first-order valence-corrected chi connectivity index (χ1v) is 15.6. The van der Waals surface area contributed by atoms with Gasteiger partial charge in [0, 0.05) is 11.9 Å². The average molecular weight is 557 g/mol. The Labute approximate surface area is 223 Å². The first-order chi connectivity index (χ1) is 18.2. The van der Waals surface area contributed by atoms with Gasteiger partial charge in [-0.15, -0.1) is 0 Å². The predicted molar refractivity (Wildman–Crippen MR) is 150 cm³/mol. The molecule has 3 N–H and O–H groups in total. The second kappa shape index (κ2) is 11.8. The van der Waals surface area contributed by atoms with Gasteiger partial charge in [0.2, 0.25) is 10.0 Å². The zero-order valence-corrected chi connectivity index (χ0v) is 23.2. The third-order valence-electron chi connectivity index (χ3n) is 6.55. The van der Waals surface area contributed by atoms with Crippen molar-refractivity contribution in [3.63, 3.8) is 0 Å². The highest BCUT2D eigenvalue weighted by Crippen LogP contribution is 2.48. The summed E-state index contributed by atoms with van der Waals surface area (Å²) in [4.78, 5) is 20.7. The molecule has 0 aliphatic carbocycles. The molecule has 1 aromatic heterocycles. The van der Waals surface area contributed by atoms with E-state index in [2.05, 4.69) is 11.6 Å². The quantitative estimate of drug-likeness (QED) is 0.156. The van der Waals surface area contributed by atoms with E-state index in [4.69, 9.17) is 4.74 Å². The van der Waals surface area contributed by atoms with E-state index in [0.717, 1.165) is 35.6 Å². The number of ether oxygens (including phenoxy) is 1. The van der Waals surface area contributed by atoms with Crippen LogP contribution in [0.4, 0.5) is 0 Å². The number of rotatable bonds is 12. The molecule has 38 heavy (non-hydrogen) atoms. The minimum atomic E-state index is -4.75. The summed E-state index contributed by atoms with van der Waals surface area (Å²) in [6.45, 7) is 2.20. The van der Waals surface area contributed by atoms with Crippen molar-refractivity contribution in [3.05, 3.63) is 83.9 Å². The highest BCUT2D eigenvalue weighted by molar-refractivity contribution is 7.89. The molecule has 0 aliphatic rings. The van der Waals surface area contributed by atoms with Gasteiger partial charge in [0.25, 0.3) is 0 Å². The number of unbranched alkanes of at least 4 members (excludes halogenated alkanes) is 2. The largest absolute Gasteiger partial charge is 0.497 e. The van der Waals surface area contributed by atoms with Gasteiger partial charge in [-0.3, -0.25) is 0 Å².